The van der Waals surface area contributed by atoms with Gasteiger partial charge in [0.1, 0.15) is 12.4 Å². The number of nitrogens with one attached hydrogen (secondary N) is 1. The quantitative estimate of drug-likeness (QED) is 0.745. The molecule has 0 aliphatic carbocycles. The lowest BCUT2D eigenvalue weighted by Gasteiger charge is -1.97. The molecule has 1 aromatic rings. The van der Waals surface area contributed by atoms with Gasteiger partial charge in [-0.15, -0.1) is 0 Å². The lowest BCUT2D eigenvalue weighted by atomic mass is 10.6. The molecular weight excluding hydrogens is 178 g/mol. The summed E-state index contributed by atoms with van der Waals surface area (Å²) >= 11 is 1.16. The number of hydrogen-bond acceptors (Lipinski definition) is 5. The molecule has 6 heteroatoms. The average Bonchev–Trinajstić information content (AvgIpc) is 2.36. The van der Waals surface area contributed by atoms with Gasteiger partial charge in [-0.1, -0.05) is 0 Å². The van der Waals surface area contributed by atoms with Crippen LogP contribution in [0.3, 0.4) is 0 Å². The highest BCUT2D eigenvalue weighted by atomic mass is 32.1. The minimum atomic E-state index is -0.214. The van der Waals surface area contributed by atoms with Crippen molar-refractivity contribution in [1.82, 2.24) is 9.36 Å². The molecule has 0 radical (unpaired) electrons. The summed E-state index contributed by atoms with van der Waals surface area (Å²) in [4.78, 5) is 14.9. The first-order chi connectivity index (χ1) is 5.72. The van der Waals surface area contributed by atoms with E-state index in [2.05, 4.69) is 19.4 Å². The maximum atomic E-state index is 10.9. The fraction of sp³-hybridized carbons (Fsp3) is 0.500. The van der Waals surface area contributed by atoms with Crippen LogP contribution in [0.5, 0.6) is 0 Å². The number of aryl methyl sites for hydroxylation is 1. The summed E-state index contributed by atoms with van der Waals surface area (Å²) in [5.41, 5.74) is 0. The van der Waals surface area contributed by atoms with E-state index in [9.17, 15) is 4.79 Å². The molecule has 66 valence electrons. The molecule has 0 atom stereocenters. The summed E-state index contributed by atoms with van der Waals surface area (Å²) in [5, 5.41) is 3.05. The van der Waals surface area contributed by atoms with E-state index in [1.54, 1.807) is 6.92 Å². The first kappa shape index (κ1) is 9.08. The molecular formula is C6H9N3O2S. The lowest BCUT2D eigenvalue weighted by molar-refractivity contribution is -0.119. The molecule has 1 heterocycles. The molecule has 1 rings (SSSR count). The second kappa shape index (κ2) is 4.13. The minimum absolute atomic E-state index is 0.0403. The van der Waals surface area contributed by atoms with E-state index in [1.165, 1.54) is 7.11 Å². The number of carbonyl (C=O) groups is 1. The molecule has 0 bridgehead atoms. The van der Waals surface area contributed by atoms with E-state index in [4.69, 9.17) is 0 Å². The standard InChI is InChI=1S/C6H9N3O2S/c1-4-7-6(12-9-4)8-5(10)3-11-2/h3H2,1-2H3,(H,7,8,9,10). The molecule has 0 unspecified atom stereocenters. The van der Waals surface area contributed by atoms with Crippen LogP contribution < -0.4 is 5.32 Å². The second-order valence-electron chi connectivity index (χ2n) is 2.13. The van der Waals surface area contributed by atoms with E-state index >= 15 is 0 Å². The van der Waals surface area contributed by atoms with Crippen molar-refractivity contribution in [1.29, 1.82) is 0 Å². The van der Waals surface area contributed by atoms with Gasteiger partial charge in [0, 0.05) is 18.6 Å². The number of methoxy groups -OCH3 is 1. The molecule has 0 aliphatic heterocycles. The predicted molar refractivity (Wildman–Crippen MR) is 45.2 cm³/mol. The van der Waals surface area contributed by atoms with Crippen molar-refractivity contribution in [3.8, 4) is 0 Å². The van der Waals surface area contributed by atoms with Gasteiger partial charge in [0.2, 0.25) is 5.13 Å². The molecule has 0 aromatic carbocycles. The lowest BCUT2D eigenvalue weighted by Crippen LogP contribution is -2.16. The van der Waals surface area contributed by atoms with Crippen molar-refractivity contribution >= 4 is 22.6 Å². The number of anilines is 1. The fourth-order valence-corrected chi connectivity index (χ4v) is 1.23. The minimum Gasteiger partial charge on any atom is -0.375 e. The van der Waals surface area contributed by atoms with E-state index in [0.717, 1.165) is 11.5 Å². The fourth-order valence-electron chi connectivity index (χ4n) is 0.634. The van der Waals surface area contributed by atoms with E-state index in [1.807, 2.05) is 0 Å². The van der Waals surface area contributed by atoms with Gasteiger partial charge in [0.05, 0.1) is 0 Å². The number of aromatic nitrogens is 2. The molecule has 1 amide bonds. The van der Waals surface area contributed by atoms with Crippen molar-refractivity contribution in [2.45, 2.75) is 6.92 Å². The summed E-state index contributed by atoms with van der Waals surface area (Å²) < 4.78 is 8.53. The molecule has 0 spiro atoms. The molecule has 1 aromatic heterocycles. The van der Waals surface area contributed by atoms with Crippen molar-refractivity contribution < 1.29 is 9.53 Å². The van der Waals surface area contributed by atoms with Crippen LogP contribution in [0, 0.1) is 6.92 Å². The zero-order valence-electron chi connectivity index (χ0n) is 6.83. The Morgan fingerprint density at radius 2 is 2.50 bits per heavy atom. The Morgan fingerprint density at radius 1 is 1.75 bits per heavy atom. The zero-order valence-corrected chi connectivity index (χ0v) is 7.64. The maximum Gasteiger partial charge on any atom is 0.252 e. The highest BCUT2D eigenvalue weighted by Crippen LogP contribution is 2.09. The first-order valence-corrected chi connectivity index (χ1v) is 4.09. The van der Waals surface area contributed by atoms with Crippen LogP contribution in [0.4, 0.5) is 5.13 Å². The van der Waals surface area contributed by atoms with E-state index in [-0.39, 0.29) is 12.5 Å². The summed E-state index contributed by atoms with van der Waals surface area (Å²) in [7, 11) is 1.46. The molecule has 1 N–H and O–H groups in total. The Hall–Kier alpha value is -1.01. The van der Waals surface area contributed by atoms with Crippen LogP contribution in [0.1, 0.15) is 5.82 Å². The van der Waals surface area contributed by atoms with Crippen molar-refractivity contribution in [3.63, 3.8) is 0 Å². The van der Waals surface area contributed by atoms with Gasteiger partial charge in [-0.3, -0.25) is 10.1 Å². The third-order valence-electron chi connectivity index (χ3n) is 1.05. The number of amides is 1. The Kier molecular flexibility index (Phi) is 3.12. The molecule has 0 saturated carbocycles. The topological polar surface area (TPSA) is 64.1 Å². The highest BCUT2D eigenvalue weighted by molar-refractivity contribution is 7.09. The van der Waals surface area contributed by atoms with Crippen LogP contribution in [0.25, 0.3) is 0 Å². The molecule has 12 heavy (non-hydrogen) atoms. The van der Waals surface area contributed by atoms with Gasteiger partial charge in [-0.05, 0) is 6.92 Å². The Morgan fingerprint density at radius 3 is 3.00 bits per heavy atom. The molecule has 0 saturated heterocycles. The Labute approximate surface area is 73.9 Å². The SMILES string of the molecule is COCC(=O)Nc1nc(C)ns1. The van der Waals surface area contributed by atoms with Gasteiger partial charge >= 0.3 is 0 Å². The summed E-state index contributed by atoms with van der Waals surface area (Å²) in [6.45, 7) is 1.81. The van der Waals surface area contributed by atoms with E-state index < -0.39 is 0 Å². The van der Waals surface area contributed by atoms with Gasteiger partial charge in [-0.25, -0.2) is 4.98 Å². The highest BCUT2D eigenvalue weighted by Gasteiger charge is 2.04. The Balaban J connectivity index is 2.46. The molecule has 0 fully saturated rings. The smallest absolute Gasteiger partial charge is 0.252 e. The van der Waals surface area contributed by atoms with Crippen LogP contribution >= 0.6 is 11.5 Å². The zero-order chi connectivity index (χ0) is 8.97. The predicted octanol–water partition coefficient (Wildman–Crippen LogP) is 0.431. The maximum absolute atomic E-state index is 10.9. The number of hydrogen-bond donors (Lipinski definition) is 1. The van der Waals surface area contributed by atoms with Gasteiger partial charge < -0.3 is 4.74 Å². The molecule has 0 aliphatic rings. The van der Waals surface area contributed by atoms with Gasteiger partial charge in [-0.2, -0.15) is 4.37 Å². The largest absolute Gasteiger partial charge is 0.375 e. The number of carbonyl (C=O) groups excluding carboxylic acids is 1. The Bertz CT molecular complexity index is 274. The normalized spacial score (nSPS) is 9.83. The third kappa shape index (κ3) is 2.55. The number of ether oxygens (including phenoxy) is 1. The van der Waals surface area contributed by atoms with E-state index in [0.29, 0.717) is 11.0 Å². The third-order valence-corrected chi connectivity index (χ3v) is 1.77. The van der Waals surface area contributed by atoms with Crippen molar-refractivity contribution in [2.24, 2.45) is 0 Å². The number of nitrogens with zero attached hydrogens (tertiary/aromatic N) is 2. The molecule has 5 nitrogen and oxygen atoms in total. The van der Waals surface area contributed by atoms with Crippen LogP contribution in [-0.4, -0.2) is 29.0 Å². The van der Waals surface area contributed by atoms with Crippen LogP contribution in [-0.2, 0) is 9.53 Å². The van der Waals surface area contributed by atoms with Crippen LogP contribution in [0.2, 0.25) is 0 Å². The van der Waals surface area contributed by atoms with Crippen molar-refractivity contribution in [3.05, 3.63) is 5.82 Å². The average molecular weight is 187 g/mol. The van der Waals surface area contributed by atoms with Gasteiger partial charge in [0.25, 0.3) is 5.91 Å². The monoisotopic (exact) mass is 187 g/mol. The number of rotatable bonds is 3. The van der Waals surface area contributed by atoms with Crippen molar-refractivity contribution in [2.75, 3.05) is 19.0 Å². The second-order valence-corrected chi connectivity index (χ2v) is 2.88. The van der Waals surface area contributed by atoms with Gasteiger partial charge in [0.15, 0.2) is 0 Å². The van der Waals surface area contributed by atoms with Crippen LogP contribution in [0.15, 0.2) is 0 Å². The first-order valence-electron chi connectivity index (χ1n) is 3.31. The summed E-state index contributed by atoms with van der Waals surface area (Å²) in [5.74, 6) is 0.446. The summed E-state index contributed by atoms with van der Waals surface area (Å²) in [6, 6.07) is 0. The summed E-state index contributed by atoms with van der Waals surface area (Å²) in [6.07, 6.45) is 0.